The topological polar surface area (TPSA) is 92.8 Å². The number of methoxy groups -OCH3 is 1. The van der Waals surface area contributed by atoms with Crippen LogP contribution in [0.3, 0.4) is 0 Å². The van der Waals surface area contributed by atoms with Gasteiger partial charge in [0.1, 0.15) is 23.8 Å². The quantitative estimate of drug-likeness (QED) is 0.193. The molecule has 0 saturated carbocycles. The Labute approximate surface area is 296 Å². The van der Waals surface area contributed by atoms with Crippen LogP contribution in [0.25, 0.3) is 11.1 Å². The Bertz CT molecular complexity index is 1710. The smallest absolute Gasteiger partial charge is 0.410 e. The lowest BCUT2D eigenvalue weighted by molar-refractivity contribution is -0.189. The van der Waals surface area contributed by atoms with E-state index in [4.69, 9.17) is 40.0 Å². The van der Waals surface area contributed by atoms with Crippen LogP contribution in [0.1, 0.15) is 81.3 Å². The fourth-order valence-corrected chi connectivity index (χ4v) is 6.71. The number of likely N-dealkylation sites (N-methyl/N-ethyl adjacent to an activating group) is 1. The zero-order chi connectivity index (χ0) is 36.4. The molecule has 0 aromatic heterocycles. The molecule has 270 valence electrons. The monoisotopic (exact) mass is 715 g/mol. The molecule has 0 bridgehead atoms. The third-order valence-corrected chi connectivity index (χ3v) is 9.21. The molecule has 1 saturated heterocycles. The van der Waals surface area contributed by atoms with Crippen molar-refractivity contribution in [3.8, 4) is 22.6 Å². The van der Waals surface area contributed by atoms with Crippen LogP contribution in [0, 0.1) is 11.6 Å². The number of hydrogen-bond acceptors (Lipinski definition) is 8. The van der Waals surface area contributed by atoms with Crippen LogP contribution < -0.4 is 9.47 Å². The first-order chi connectivity index (χ1) is 23.7. The Morgan fingerprint density at radius 1 is 1.10 bits per heavy atom. The van der Waals surface area contributed by atoms with E-state index in [0.717, 1.165) is 32.4 Å². The Balaban J connectivity index is 1.60. The molecule has 9 nitrogen and oxygen atoms in total. The largest absolute Gasteiger partial charge is 0.488 e. The standard InChI is InChI=1S/C38H44ClF2NO8/c1-22(48-29-15-11-12-18-46-29)20-47-27-17-16-25(35(43)45-7)31(34(27)41)32-30-23(2)38(24-13-9-8-10-14-24,49-28(30)19-26(40)33(32)39)21-42(6)36(44)50-37(3,4)5/h8-10,13-14,16-17,19,22-23,29H,11-12,15,18,20-21H2,1-7H3/t22-,23-,29?,38-/m0/s1. The zero-order valence-electron chi connectivity index (χ0n) is 29.4. The highest BCUT2D eigenvalue weighted by atomic mass is 35.5. The summed E-state index contributed by atoms with van der Waals surface area (Å²) in [4.78, 5) is 27.7. The van der Waals surface area contributed by atoms with Crippen LogP contribution in [-0.4, -0.2) is 68.9 Å². The third kappa shape index (κ3) is 7.70. The van der Waals surface area contributed by atoms with Crippen LogP contribution >= 0.6 is 11.6 Å². The molecule has 1 amide bonds. The van der Waals surface area contributed by atoms with Crippen molar-refractivity contribution in [1.29, 1.82) is 0 Å². The SMILES string of the molecule is COC(=O)c1ccc(OC[C@H](C)OC2CCCCO2)c(F)c1-c1c(Cl)c(F)cc2c1[C@H](C)[C@@](CN(C)C(=O)OC(C)(C)C)(c1ccccc1)O2. The number of esters is 1. The van der Waals surface area contributed by atoms with E-state index < -0.39 is 51.9 Å². The van der Waals surface area contributed by atoms with Gasteiger partial charge in [0.25, 0.3) is 0 Å². The summed E-state index contributed by atoms with van der Waals surface area (Å²) in [5, 5.41) is -0.420. The van der Waals surface area contributed by atoms with Gasteiger partial charge in [-0.05, 0) is 64.7 Å². The van der Waals surface area contributed by atoms with Crippen LogP contribution in [0.2, 0.25) is 5.02 Å². The van der Waals surface area contributed by atoms with Gasteiger partial charge in [0, 0.05) is 42.3 Å². The van der Waals surface area contributed by atoms with Gasteiger partial charge in [0.05, 0.1) is 30.3 Å². The molecule has 2 aliphatic rings. The summed E-state index contributed by atoms with van der Waals surface area (Å²) in [5.41, 5.74) is -1.64. The fourth-order valence-electron chi connectivity index (χ4n) is 6.46. The van der Waals surface area contributed by atoms with Crippen LogP contribution in [-0.2, 0) is 24.5 Å². The average molecular weight is 716 g/mol. The van der Waals surface area contributed by atoms with E-state index in [1.807, 2.05) is 37.3 Å². The second kappa shape index (κ2) is 15.1. The Morgan fingerprint density at radius 2 is 1.82 bits per heavy atom. The number of benzene rings is 3. The lowest BCUT2D eigenvalue weighted by Gasteiger charge is -2.37. The molecule has 3 aromatic rings. The number of nitrogens with zero attached hydrogens (tertiary/aromatic N) is 1. The molecule has 1 unspecified atom stereocenters. The minimum absolute atomic E-state index is 0.0292. The first-order valence-electron chi connectivity index (χ1n) is 16.7. The first-order valence-corrected chi connectivity index (χ1v) is 17.1. The zero-order valence-corrected chi connectivity index (χ0v) is 30.2. The summed E-state index contributed by atoms with van der Waals surface area (Å²) in [6, 6.07) is 12.9. The molecule has 3 aromatic carbocycles. The van der Waals surface area contributed by atoms with Crippen molar-refractivity contribution in [3.63, 3.8) is 0 Å². The second-order valence-corrected chi connectivity index (χ2v) is 14.1. The van der Waals surface area contributed by atoms with Gasteiger partial charge in [0.2, 0.25) is 0 Å². The first kappa shape index (κ1) is 37.3. The Hall–Kier alpha value is -3.93. The van der Waals surface area contributed by atoms with E-state index in [1.165, 1.54) is 17.0 Å². The molecule has 12 heteroatoms. The molecule has 50 heavy (non-hydrogen) atoms. The van der Waals surface area contributed by atoms with Crippen molar-refractivity contribution in [2.75, 3.05) is 33.9 Å². The lowest BCUT2D eigenvalue weighted by atomic mass is 9.77. The van der Waals surface area contributed by atoms with Crippen molar-refractivity contribution in [3.05, 3.63) is 81.9 Å². The second-order valence-electron chi connectivity index (χ2n) is 13.7. The molecule has 5 rings (SSSR count). The minimum Gasteiger partial charge on any atom is -0.488 e. The minimum atomic E-state index is -1.30. The maximum atomic E-state index is 16.8. The van der Waals surface area contributed by atoms with E-state index in [0.29, 0.717) is 17.7 Å². The van der Waals surface area contributed by atoms with Gasteiger partial charge in [-0.1, -0.05) is 48.9 Å². The molecule has 0 radical (unpaired) electrons. The molecule has 2 aliphatic heterocycles. The normalized spacial score (nSPS) is 20.8. The summed E-state index contributed by atoms with van der Waals surface area (Å²) >= 11 is 6.72. The number of hydrogen-bond donors (Lipinski definition) is 0. The van der Waals surface area contributed by atoms with Gasteiger partial charge in [-0.3, -0.25) is 0 Å². The molecule has 0 spiro atoms. The van der Waals surface area contributed by atoms with Gasteiger partial charge in [-0.15, -0.1) is 0 Å². The van der Waals surface area contributed by atoms with Crippen molar-refractivity contribution >= 4 is 23.7 Å². The predicted octanol–water partition coefficient (Wildman–Crippen LogP) is 8.64. The highest BCUT2D eigenvalue weighted by Gasteiger charge is 2.51. The number of ether oxygens (including phenoxy) is 6. The third-order valence-electron chi connectivity index (χ3n) is 8.84. The van der Waals surface area contributed by atoms with Gasteiger partial charge in [-0.2, -0.15) is 0 Å². The van der Waals surface area contributed by atoms with Crippen LogP contribution in [0.4, 0.5) is 13.6 Å². The van der Waals surface area contributed by atoms with E-state index in [1.54, 1.807) is 34.7 Å². The summed E-state index contributed by atoms with van der Waals surface area (Å²) in [6.45, 7) is 9.44. The molecule has 0 aliphatic carbocycles. The molecule has 2 heterocycles. The van der Waals surface area contributed by atoms with Gasteiger partial charge in [-0.25, -0.2) is 18.4 Å². The number of fused-ring (bicyclic) bond motifs is 1. The lowest BCUT2D eigenvalue weighted by Crippen LogP contribution is -2.47. The number of carbonyl (C=O) groups is 2. The number of amides is 1. The molecular formula is C38H44ClF2NO8. The van der Waals surface area contributed by atoms with E-state index in [2.05, 4.69) is 0 Å². The highest BCUT2D eigenvalue weighted by Crippen LogP contribution is 2.57. The van der Waals surface area contributed by atoms with Crippen LogP contribution in [0.5, 0.6) is 11.5 Å². The Kier molecular flexibility index (Phi) is 11.3. The van der Waals surface area contributed by atoms with E-state index >= 15 is 8.78 Å². The molecule has 0 N–H and O–H groups in total. The fraction of sp³-hybridized carbons (Fsp3) is 0.474. The van der Waals surface area contributed by atoms with Gasteiger partial charge < -0.3 is 33.3 Å². The van der Waals surface area contributed by atoms with E-state index in [9.17, 15) is 9.59 Å². The summed E-state index contributed by atoms with van der Waals surface area (Å²) in [6.07, 6.45) is 1.27. The predicted molar refractivity (Wildman–Crippen MR) is 184 cm³/mol. The van der Waals surface area contributed by atoms with Crippen molar-refractivity contribution in [1.82, 2.24) is 4.90 Å². The maximum absolute atomic E-state index is 16.8. The maximum Gasteiger partial charge on any atom is 0.410 e. The average Bonchev–Trinajstić information content (AvgIpc) is 3.35. The molecule has 1 fully saturated rings. The molecule has 4 atom stereocenters. The number of halogens is 3. The summed E-state index contributed by atoms with van der Waals surface area (Å²) in [5.74, 6) is -3.50. The van der Waals surface area contributed by atoms with Gasteiger partial charge >= 0.3 is 12.1 Å². The number of carbonyl (C=O) groups excluding carboxylic acids is 2. The van der Waals surface area contributed by atoms with Crippen molar-refractivity contribution in [2.45, 2.75) is 83.4 Å². The Morgan fingerprint density at radius 3 is 2.46 bits per heavy atom. The van der Waals surface area contributed by atoms with E-state index in [-0.39, 0.29) is 47.6 Å². The molecular weight excluding hydrogens is 672 g/mol. The highest BCUT2D eigenvalue weighted by molar-refractivity contribution is 6.34. The van der Waals surface area contributed by atoms with Gasteiger partial charge in [0.15, 0.2) is 23.5 Å². The number of rotatable bonds is 10. The van der Waals surface area contributed by atoms with Crippen LogP contribution in [0.15, 0.2) is 48.5 Å². The summed E-state index contributed by atoms with van der Waals surface area (Å²) in [7, 11) is 2.74. The summed E-state index contributed by atoms with van der Waals surface area (Å²) < 4.78 is 67.4. The van der Waals surface area contributed by atoms with Crippen molar-refractivity contribution in [2.24, 2.45) is 0 Å². The van der Waals surface area contributed by atoms with Crippen molar-refractivity contribution < 1.29 is 46.8 Å².